The van der Waals surface area contributed by atoms with Gasteiger partial charge in [0.25, 0.3) is 0 Å². The lowest BCUT2D eigenvalue weighted by Crippen LogP contribution is -2.05. The van der Waals surface area contributed by atoms with Crippen molar-refractivity contribution >= 4 is 17.6 Å². The lowest BCUT2D eigenvalue weighted by Gasteiger charge is -2.03. The molecule has 2 aromatic rings. The summed E-state index contributed by atoms with van der Waals surface area (Å²) in [4.78, 5) is 11.8. The monoisotopic (exact) mass is 264 g/mol. The van der Waals surface area contributed by atoms with Gasteiger partial charge < -0.3 is 4.74 Å². The van der Waals surface area contributed by atoms with Crippen LogP contribution >= 0.6 is 11.6 Å². The molecule has 0 fully saturated rings. The van der Waals surface area contributed by atoms with E-state index < -0.39 is 0 Å². The van der Waals surface area contributed by atoms with Gasteiger partial charge in [0.05, 0.1) is 11.6 Å². The maximum atomic E-state index is 11.8. The van der Waals surface area contributed by atoms with Gasteiger partial charge in [-0.2, -0.15) is 5.10 Å². The molecule has 94 valence electrons. The second-order valence-corrected chi connectivity index (χ2v) is 4.17. The van der Waals surface area contributed by atoms with Gasteiger partial charge in [0, 0.05) is 18.8 Å². The van der Waals surface area contributed by atoms with Crippen molar-refractivity contribution in [2.75, 3.05) is 6.61 Å². The predicted molar refractivity (Wildman–Crippen MR) is 69.6 cm³/mol. The Hall–Kier alpha value is -1.81. The van der Waals surface area contributed by atoms with E-state index in [-0.39, 0.29) is 5.97 Å². The Morgan fingerprint density at radius 2 is 2.17 bits per heavy atom. The van der Waals surface area contributed by atoms with Crippen molar-refractivity contribution in [3.63, 3.8) is 0 Å². The zero-order valence-corrected chi connectivity index (χ0v) is 10.9. The number of nitrogens with zero attached hydrogens (tertiary/aromatic N) is 2. The van der Waals surface area contributed by atoms with Gasteiger partial charge in [-0.1, -0.05) is 29.8 Å². The van der Waals surface area contributed by atoms with Crippen LogP contribution in [0.1, 0.15) is 17.3 Å². The van der Waals surface area contributed by atoms with Gasteiger partial charge in [-0.15, -0.1) is 0 Å². The van der Waals surface area contributed by atoms with E-state index in [9.17, 15) is 4.79 Å². The molecule has 18 heavy (non-hydrogen) atoms. The molecule has 4 nitrogen and oxygen atoms in total. The summed E-state index contributed by atoms with van der Waals surface area (Å²) in [6.45, 7) is 2.10. The van der Waals surface area contributed by atoms with Gasteiger partial charge in [0.1, 0.15) is 11.3 Å². The highest BCUT2D eigenvalue weighted by Gasteiger charge is 2.19. The van der Waals surface area contributed by atoms with Crippen LogP contribution in [0.15, 0.2) is 30.5 Å². The van der Waals surface area contributed by atoms with Crippen LogP contribution in [-0.4, -0.2) is 22.4 Å². The van der Waals surface area contributed by atoms with E-state index in [1.807, 2.05) is 18.2 Å². The zero-order chi connectivity index (χ0) is 13.1. The Morgan fingerprint density at radius 1 is 1.44 bits per heavy atom. The summed E-state index contributed by atoms with van der Waals surface area (Å²) in [5.41, 5.74) is 1.69. The smallest absolute Gasteiger partial charge is 0.341 e. The topological polar surface area (TPSA) is 44.1 Å². The fraction of sp³-hybridized carbons (Fsp3) is 0.231. The van der Waals surface area contributed by atoms with Crippen LogP contribution in [-0.2, 0) is 11.8 Å². The molecule has 0 bridgehead atoms. The lowest BCUT2D eigenvalue weighted by atomic mass is 10.1. The van der Waals surface area contributed by atoms with Crippen molar-refractivity contribution in [2.45, 2.75) is 6.92 Å². The zero-order valence-electron chi connectivity index (χ0n) is 10.2. The molecule has 0 unspecified atom stereocenters. The first-order chi connectivity index (χ1) is 8.63. The molecule has 0 aliphatic carbocycles. The van der Waals surface area contributed by atoms with E-state index in [2.05, 4.69) is 5.10 Å². The number of hydrogen-bond donors (Lipinski definition) is 0. The summed E-state index contributed by atoms with van der Waals surface area (Å²) in [5, 5.41) is 4.83. The van der Waals surface area contributed by atoms with Crippen LogP contribution < -0.4 is 0 Å². The quantitative estimate of drug-likeness (QED) is 0.801. The molecule has 0 aliphatic rings. The summed E-state index contributed by atoms with van der Waals surface area (Å²) >= 11 is 6.12. The number of halogens is 1. The van der Waals surface area contributed by atoms with E-state index in [1.165, 1.54) is 0 Å². The Morgan fingerprint density at radius 3 is 2.83 bits per heavy atom. The van der Waals surface area contributed by atoms with Crippen molar-refractivity contribution in [1.29, 1.82) is 0 Å². The minimum absolute atomic E-state index is 0.329. The Labute approximate surface area is 110 Å². The maximum absolute atomic E-state index is 11.8. The van der Waals surface area contributed by atoms with Crippen molar-refractivity contribution in [1.82, 2.24) is 9.78 Å². The molecule has 1 heterocycles. The molecule has 0 amide bonds. The molecule has 0 saturated heterocycles. The highest BCUT2D eigenvalue weighted by Crippen LogP contribution is 2.29. The average Bonchev–Trinajstić information content (AvgIpc) is 2.72. The number of esters is 1. The van der Waals surface area contributed by atoms with E-state index in [4.69, 9.17) is 16.3 Å². The summed E-state index contributed by atoms with van der Waals surface area (Å²) in [5.74, 6) is -0.388. The third-order valence-electron chi connectivity index (χ3n) is 2.45. The van der Waals surface area contributed by atoms with E-state index >= 15 is 0 Å². The minimum atomic E-state index is -0.388. The summed E-state index contributed by atoms with van der Waals surface area (Å²) in [7, 11) is 1.75. The molecule has 0 radical (unpaired) electrons. The minimum Gasteiger partial charge on any atom is -0.462 e. The number of carbonyl (C=O) groups is 1. The lowest BCUT2D eigenvalue weighted by molar-refractivity contribution is 0.0527. The predicted octanol–water partition coefficient (Wildman–Crippen LogP) is 2.92. The highest BCUT2D eigenvalue weighted by atomic mass is 35.5. The van der Waals surface area contributed by atoms with Gasteiger partial charge in [0.2, 0.25) is 0 Å². The largest absolute Gasteiger partial charge is 0.462 e. The van der Waals surface area contributed by atoms with Crippen LogP contribution in [0.3, 0.4) is 0 Å². The molecule has 1 aromatic heterocycles. The molecule has 2 rings (SSSR count). The summed E-state index contributed by atoms with van der Waals surface area (Å²) < 4.78 is 6.58. The highest BCUT2D eigenvalue weighted by molar-refractivity contribution is 6.33. The molecule has 0 aliphatic heterocycles. The summed E-state index contributed by atoms with van der Waals surface area (Å²) in [6.07, 6.45) is 1.64. The Kier molecular flexibility index (Phi) is 3.67. The van der Waals surface area contributed by atoms with Crippen molar-refractivity contribution in [3.8, 4) is 11.3 Å². The Balaban J connectivity index is 2.51. The number of aromatic nitrogens is 2. The van der Waals surface area contributed by atoms with Gasteiger partial charge in [-0.25, -0.2) is 4.79 Å². The first-order valence-corrected chi connectivity index (χ1v) is 5.97. The molecule has 0 N–H and O–H groups in total. The molecule has 1 aromatic carbocycles. The number of benzene rings is 1. The number of carbonyl (C=O) groups excluding carboxylic acids is 1. The third kappa shape index (κ3) is 2.38. The van der Waals surface area contributed by atoms with Gasteiger partial charge >= 0.3 is 5.97 Å². The van der Waals surface area contributed by atoms with Crippen LogP contribution in [0.25, 0.3) is 11.3 Å². The van der Waals surface area contributed by atoms with Gasteiger partial charge in [0.15, 0.2) is 0 Å². The van der Waals surface area contributed by atoms with Crippen LogP contribution in [0.4, 0.5) is 0 Å². The molecular weight excluding hydrogens is 252 g/mol. The summed E-state index contributed by atoms with van der Waals surface area (Å²) in [6, 6.07) is 7.28. The number of ether oxygens (including phenoxy) is 1. The van der Waals surface area contributed by atoms with Crippen molar-refractivity contribution in [3.05, 3.63) is 41.0 Å². The van der Waals surface area contributed by atoms with Crippen LogP contribution in [0, 0.1) is 0 Å². The first-order valence-electron chi connectivity index (χ1n) is 5.59. The molecule has 0 saturated carbocycles. The van der Waals surface area contributed by atoms with Crippen LogP contribution in [0.2, 0.25) is 5.02 Å². The molecule has 0 atom stereocenters. The second kappa shape index (κ2) is 5.23. The van der Waals surface area contributed by atoms with E-state index in [0.717, 1.165) is 5.56 Å². The normalized spacial score (nSPS) is 10.4. The molecule has 5 heteroatoms. The first kappa shape index (κ1) is 12.6. The fourth-order valence-electron chi connectivity index (χ4n) is 1.70. The SMILES string of the molecule is CCOC(=O)c1cn(C)nc1-c1ccccc1Cl. The van der Waals surface area contributed by atoms with Crippen LogP contribution in [0.5, 0.6) is 0 Å². The molecular formula is C13H13ClN2O2. The average molecular weight is 265 g/mol. The van der Waals surface area contributed by atoms with Crippen molar-refractivity contribution < 1.29 is 9.53 Å². The molecule has 0 spiro atoms. The second-order valence-electron chi connectivity index (χ2n) is 3.77. The standard InChI is InChI=1S/C13H13ClN2O2/c1-3-18-13(17)10-8-16(2)15-12(10)9-6-4-5-7-11(9)14/h4-8H,3H2,1-2H3. The number of aryl methyl sites for hydroxylation is 1. The number of rotatable bonds is 3. The van der Waals surface area contributed by atoms with Gasteiger partial charge in [-0.3, -0.25) is 4.68 Å². The fourth-order valence-corrected chi connectivity index (χ4v) is 1.92. The van der Waals surface area contributed by atoms with Crippen molar-refractivity contribution in [2.24, 2.45) is 7.05 Å². The van der Waals surface area contributed by atoms with Gasteiger partial charge in [-0.05, 0) is 13.0 Å². The third-order valence-corrected chi connectivity index (χ3v) is 2.78. The van der Waals surface area contributed by atoms with E-state index in [0.29, 0.717) is 22.9 Å². The van der Waals surface area contributed by atoms with E-state index in [1.54, 1.807) is 30.9 Å². The Bertz CT molecular complexity index is 578. The number of hydrogen-bond acceptors (Lipinski definition) is 3. The maximum Gasteiger partial charge on any atom is 0.341 e.